The number of halogens is 2. The molecule has 3 aliphatic heterocycles. The molecule has 0 aromatic carbocycles. The summed E-state index contributed by atoms with van der Waals surface area (Å²) in [7, 11) is 0. The van der Waals surface area contributed by atoms with Crippen LogP contribution in [-0.4, -0.2) is 51.5 Å². The first-order valence-electron chi connectivity index (χ1n) is 11.7. The number of aliphatic hydroxyl groups excluding tert-OH is 1. The van der Waals surface area contributed by atoms with E-state index < -0.39 is 12.2 Å². The quantitative estimate of drug-likeness (QED) is 0.277. The molecule has 0 radical (unpaired) electrons. The molecular formula is C25H30F2N5O2S+. The topological polar surface area (TPSA) is 74.9 Å². The molecule has 0 amide bonds. The average molecular weight is 503 g/mol. The van der Waals surface area contributed by atoms with Gasteiger partial charge in [-0.05, 0) is 31.2 Å². The molecule has 10 heteroatoms. The van der Waals surface area contributed by atoms with E-state index in [1.165, 1.54) is 4.88 Å². The Kier molecular flexibility index (Phi) is 6.29. The van der Waals surface area contributed by atoms with E-state index in [2.05, 4.69) is 34.6 Å². The Hall–Kier alpha value is -2.95. The lowest BCUT2D eigenvalue weighted by molar-refractivity contribution is -0.909. The standard InChI is InChI=1S/C25H30F2N5O2S/c1-16-3-5-18(14-32(16)34)12-29-24(33)19-11-20(30-9-7-25(26,27)8-10-30)23-28-13-21(31(23)15-19)22-6-4-17(2)35-22/h3-6,11,13-15,23-24,28-29,33-34H,7-10,12H2,1-2H3/q+1. The van der Waals surface area contributed by atoms with Crippen molar-refractivity contribution < 1.29 is 23.8 Å². The monoisotopic (exact) mass is 502 g/mol. The summed E-state index contributed by atoms with van der Waals surface area (Å²) in [4.78, 5) is 6.35. The fourth-order valence-corrected chi connectivity index (χ4v) is 5.48. The molecule has 7 nitrogen and oxygen atoms in total. The number of aryl methyl sites for hydroxylation is 2. The number of piperidine rings is 1. The summed E-state index contributed by atoms with van der Waals surface area (Å²) in [5.41, 5.74) is 4.00. The van der Waals surface area contributed by atoms with Gasteiger partial charge in [-0.1, -0.05) is 0 Å². The highest BCUT2D eigenvalue weighted by Crippen LogP contribution is 2.38. The number of fused-ring (bicyclic) bond motifs is 1. The Morgan fingerprint density at radius 1 is 1.23 bits per heavy atom. The van der Waals surface area contributed by atoms with Gasteiger partial charge < -0.3 is 20.2 Å². The first kappa shape index (κ1) is 23.8. The van der Waals surface area contributed by atoms with E-state index in [9.17, 15) is 19.1 Å². The Bertz CT molecular complexity index is 1200. The predicted octanol–water partition coefficient (Wildman–Crippen LogP) is 3.04. The van der Waals surface area contributed by atoms with Crippen LogP contribution in [0.3, 0.4) is 0 Å². The highest BCUT2D eigenvalue weighted by Gasteiger charge is 2.40. The number of likely N-dealkylation sites (tertiary alicyclic amines) is 1. The first-order valence-corrected chi connectivity index (χ1v) is 12.5. The third-order valence-corrected chi connectivity index (χ3v) is 7.70. The minimum absolute atomic E-state index is 0.185. The zero-order valence-electron chi connectivity index (χ0n) is 19.7. The van der Waals surface area contributed by atoms with Crippen LogP contribution in [0.15, 0.2) is 60.2 Å². The molecule has 0 spiro atoms. The van der Waals surface area contributed by atoms with Crippen LogP contribution in [0.25, 0.3) is 5.70 Å². The molecule has 1 saturated heterocycles. The summed E-state index contributed by atoms with van der Waals surface area (Å²) < 4.78 is 28.8. The second-order valence-electron chi connectivity index (χ2n) is 9.26. The molecule has 2 atom stereocenters. The van der Waals surface area contributed by atoms with E-state index in [-0.39, 0.29) is 32.1 Å². The molecule has 1 fully saturated rings. The van der Waals surface area contributed by atoms with Gasteiger partial charge in [0.1, 0.15) is 12.4 Å². The maximum atomic E-state index is 13.9. The van der Waals surface area contributed by atoms with E-state index >= 15 is 0 Å². The zero-order valence-corrected chi connectivity index (χ0v) is 20.5. The third kappa shape index (κ3) is 4.91. The van der Waals surface area contributed by atoms with Gasteiger partial charge in [-0.3, -0.25) is 10.5 Å². The predicted molar refractivity (Wildman–Crippen MR) is 129 cm³/mol. The average Bonchev–Trinajstić information content (AvgIpc) is 3.45. The molecule has 35 heavy (non-hydrogen) atoms. The summed E-state index contributed by atoms with van der Waals surface area (Å²) in [6, 6.07) is 7.82. The molecule has 5 heterocycles. The van der Waals surface area contributed by atoms with Crippen LogP contribution in [0, 0.1) is 13.8 Å². The normalized spacial score (nSPS) is 22.2. The number of aliphatic hydroxyl groups is 1. The molecule has 186 valence electrons. The Balaban J connectivity index is 1.40. The highest BCUT2D eigenvalue weighted by atomic mass is 32.1. The van der Waals surface area contributed by atoms with Crippen LogP contribution >= 0.6 is 11.3 Å². The number of thiophene rings is 1. The van der Waals surface area contributed by atoms with Crippen molar-refractivity contribution in [2.45, 2.75) is 51.6 Å². The molecule has 0 bridgehead atoms. The number of hydrogen-bond acceptors (Lipinski definition) is 7. The van der Waals surface area contributed by atoms with Crippen molar-refractivity contribution in [2.75, 3.05) is 13.1 Å². The number of hydrogen-bond donors (Lipinski definition) is 4. The van der Waals surface area contributed by atoms with Gasteiger partial charge in [0, 0.05) is 78.6 Å². The van der Waals surface area contributed by atoms with Gasteiger partial charge in [-0.15, -0.1) is 11.3 Å². The molecule has 5 rings (SSSR count). The lowest BCUT2D eigenvalue weighted by Gasteiger charge is -2.41. The second kappa shape index (κ2) is 9.25. The van der Waals surface area contributed by atoms with Crippen molar-refractivity contribution in [1.29, 1.82) is 0 Å². The summed E-state index contributed by atoms with van der Waals surface area (Å²) in [6.07, 6.45) is 5.78. The molecule has 0 aliphatic carbocycles. The van der Waals surface area contributed by atoms with Crippen molar-refractivity contribution in [1.82, 2.24) is 20.4 Å². The second-order valence-corrected chi connectivity index (χ2v) is 10.6. The van der Waals surface area contributed by atoms with E-state index in [0.29, 0.717) is 17.8 Å². The van der Waals surface area contributed by atoms with Crippen molar-refractivity contribution >= 4 is 17.0 Å². The van der Waals surface area contributed by atoms with Gasteiger partial charge in [0.15, 0.2) is 0 Å². The van der Waals surface area contributed by atoms with Crippen LogP contribution < -0.4 is 15.4 Å². The Morgan fingerprint density at radius 2 is 2.00 bits per heavy atom. The summed E-state index contributed by atoms with van der Waals surface area (Å²) >= 11 is 1.68. The van der Waals surface area contributed by atoms with Crippen LogP contribution in [-0.2, 0) is 6.54 Å². The minimum atomic E-state index is -2.64. The number of alkyl halides is 2. The molecule has 3 aliphatic rings. The lowest BCUT2D eigenvalue weighted by Crippen LogP contribution is -2.48. The molecule has 4 N–H and O–H groups in total. The number of pyridine rings is 1. The number of nitrogens with zero attached hydrogens (tertiary/aromatic N) is 3. The van der Waals surface area contributed by atoms with Gasteiger partial charge in [0.2, 0.25) is 11.9 Å². The fourth-order valence-electron chi connectivity index (χ4n) is 4.59. The largest absolute Gasteiger partial charge is 0.374 e. The molecule has 2 aromatic heterocycles. The number of nitrogens with one attached hydrogen (secondary N) is 2. The summed E-state index contributed by atoms with van der Waals surface area (Å²) in [6.45, 7) is 4.71. The number of rotatable bonds is 6. The molecule has 0 saturated carbocycles. The molecule has 2 unspecified atom stereocenters. The zero-order chi connectivity index (χ0) is 24.7. The van der Waals surface area contributed by atoms with Crippen molar-refractivity contribution in [3.8, 4) is 0 Å². The van der Waals surface area contributed by atoms with E-state index in [1.54, 1.807) is 30.5 Å². The van der Waals surface area contributed by atoms with Gasteiger partial charge in [0.25, 0.3) is 5.92 Å². The number of aromatic nitrogens is 1. The van der Waals surface area contributed by atoms with Crippen LogP contribution in [0.2, 0.25) is 0 Å². The van der Waals surface area contributed by atoms with Crippen molar-refractivity contribution in [3.63, 3.8) is 0 Å². The molecular weight excluding hydrogens is 472 g/mol. The SMILES string of the molecule is Cc1ccc(C2=CNC3C(N4CCC(F)(F)CC4)=CC(C(O)NCc4ccc(C)[n+](O)c4)=CN23)s1. The van der Waals surface area contributed by atoms with Gasteiger partial charge in [-0.25, -0.2) is 8.78 Å². The lowest BCUT2D eigenvalue weighted by atomic mass is 10.0. The van der Waals surface area contributed by atoms with Crippen molar-refractivity contribution in [2.24, 2.45) is 0 Å². The third-order valence-electron chi connectivity index (χ3n) is 6.67. The summed E-state index contributed by atoms with van der Waals surface area (Å²) in [5.74, 6) is -2.64. The first-order chi connectivity index (χ1) is 16.7. The van der Waals surface area contributed by atoms with Gasteiger partial charge in [0.05, 0.1) is 16.3 Å². The van der Waals surface area contributed by atoms with E-state index in [0.717, 1.165) is 26.6 Å². The van der Waals surface area contributed by atoms with Crippen molar-refractivity contribution in [3.05, 3.63) is 81.2 Å². The Morgan fingerprint density at radius 3 is 2.69 bits per heavy atom. The fraction of sp³-hybridized carbons (Fsp3) is 0.400. The highest BCUT2D eigenvalue weighted by molar-refractivity contribution is 7.13. The van der Waals surface area contributed by atoms with Crippen LogP contribution in [0.1, 0.15) is 33.9 Å². The van der Waals surface area contributed by atoms with Crippen LogP contribution in [0.4, 0.5) is 8.78 Å². The van der Waals surface area contributed by atoms with Gasteiger partial charge in [-0.2, -0.15) is 0 Å². The minimum Gasteiger partial charge on any atom is -0.374 e. The Labute approximate surface area is 207 Å². The maximum Gasteiger partial charge on any atom is 0.251 e. The van der Waals surface area contributed by atoms with Crippen LogP contribution in [0.5, 0.6) is 0 Å². The van der Waals surface area contributed by atoms with Gasteiger partial charge >= 0.3 is 0 Å². The maximum absolute atomic E-state index is 13.9. The van der Waals surface area contributed by atoms with E-state index in [4.69, 9.17) is 0 Å². The summed E-state index contributed by atoms with van der Waals surface area (Å²) in [5, 5.41) is 27.5. The smallest absolute Gasteiger partial charge is 0.251 e. The molecule has 2 aromatic rings. The van der Waals surface area contributed by atoms with E-state index in [1.807, 2.05) is 29.4 Å².